The second-order valence-corrected chi connectivity index (χ2v) is 4.16. The van der Waals surface area contributed by atoms with Crippen molar-refractivity contribution in [2.45, 2.75) is 26.3 Å². The molecule has 0 fully saturated rings. The quantitative estimate of drug-likeness (QED) is 0.496. The molecule has 1 N–H and O–H groups in total. The summed E-state index contributed by atoms with van der Waals surface area (Å²) in [6.07, 6.45) is 2.41. The molecule has 0 aliphatic rings. The monoisotopic (exact) mass is 361 g/mol. The first-order valence-corrected chi connectivity index (χ1v) is 6.23. The number of nitrogens with zero attached hydrogens (tertiary/aromatic N) is 2. The van der Waals surface area contributed by atoms with Gasteiger partial charge in [-0.05, 0) is 12.0 Å². The van der Waals surface area contributed by atoms with Crippen molar-refractivity contribution in [3.05, 3.63) is 35.9 Å². The molecule has 0 amide bonds. The molecule has 0 aliphatic heterocycles. The summed E-state index contributed by atoms with van der Waals surface area (Å²) in [6, 6.07) is 10.4. The van der Waals surface area contributed by atoms with Crippen molar-refractivity contribution in [3.63, 3.8) is 0 Å². The predicted molar refractivity (Wildman–Crippen MR) is 89.6 cm³/mol. The topological polar surface area (TPSA) is 27.6 Å². The van der Waals surface area contributed by atoms with Crippen molar-refractivity contribution in [2.75, 3.05) is 20.6 Å². The summed E-state index contributed by atoms with van der Waals surface area (Å²) in [6.45, 7) is 4.07. The predicted octanol–water partition coefficient (Wildman–Crippen LogP) is 3.11. The van der Waals surface area contributed by atoms with Crippen LogP contribution in [0.3, 0.4) is 0 Å². The Kier molecular flexibility index (Phi) is 9.73. The minimum atomic E-state index is 0. The molecule has 3 nitrogen and oxygen atoms in total. The van der Waals surface area contributed by atoms with Gasteiger partial charge in [0, 0.05) is 27.2 Å². The molecule has 0 heterocycles. The molecule has 0 saturated carbocycles. The van der Waals surface area contributed by atoms with Crippen molar-refractivity contribution in [2.24, 2.45) is 4.99 Å². The van der Waals surface area contributed by atoms with Crippen molar-refractivity contribution in [1.82, 2.24) is 10.2 Å². The third-order valence-corrected chi connectivity index (χ3v) is 2.71. The fraction of sp³-hybridized carbons (Fsp3) is 0.500. The summed E-state index contributed by atoms with van der Waals surface area (Å²) >= 11 is 0. The second-order valence-electron chi connectivity index (χ2n) is 4.16. The second kappa shape index (κ2) is 10.2. The molecule has 0 unspecified atom stereocenters. The molecular weight excluding hydrogens is 337 g/mol. The van der Waals surface area contributed by atoms with Crippen molar-refractivity contribution < 1.29 is 0 Å². The first-order chi connectivity index (χ1) is 8.27. The van der Waals surface area contributed by atoms with E-state index in [1.165, 1.54) is 18.4 Å². The van der Waals surface area contributed by atoms with E-state index in [0.29, 0.717) is 0 Å². The summed E-state index contributed by atoms with van der Waals surface area (Å²) < 4.78 is 0. The molecule has 1 rings (SSSR count). The Hall–Kier alpha value is -0.780. The zero-order valence-electron chi connectivity index (χ0n) is 11.5. The van der Waals surface area contributed by atoms with Crippen LogP contribution in [0.15, 0.2) is 35.3 Å². The maximum atomic E-state index is 4.29. The third-order valence-electron chi connectivity index (χ3n) is 2.71. The van der Waals surface area contributed by atoms with Gasteiger partial charge in [-0.2, -0.15) is 0 Å². The maximum absolute atomic E-state index is 4.29. The summed E-state index contributed by atoms with van der Waals surface area (Å²) in [5, 5.41) is 3.37. The molecule has 102 valence electrons. The van der Waals surface area contributed by atoms with E-state index < -0.39 is 0 Å². The van der Waals surface area contributed by atoms with Gasteiger partial charge < -0.3 is 10.2 Å². The highest BCUT2D eigenvalue weighted by atomic mass is 127. The molecule has 0 radical (unpaired) electrons. The van der Waals surface area contributed by atoms with E-state index >= 15 is 0 Å². The first-order valence-electron chi connectivity index (χ1n) is 6.23. The van der Waals surface area contributed by atoms with Gasteiger partial charge in [-0.1, -0.05) is 43.7 Å². The minimum absolute atomic E-state index is 0. The number of unbranched alkanes of at least 4 members (excludes halogenated alkanes) is 1. The van der Waals surface area contributed by atoms with Crippen LogP contribution in [0.5, 0.6) is 0 Å². The van der Waals surface area contributed by atoms with Gasteiger partial charge in [0.2, 0.25) is 0 Å². The van der Waals surface area contributed by atoms with Crippen molar-refractivity contribution in [3.8, 4) is 0 Å². The molecular formula is C14H24IN3. The minimum Gasteiger partial charge on any atom is -0.352 e. The van der Waals surface area contributed by atoms with Crippen molar-refractivity contribution in [1.29, 1.82) is 0 Å². The summed E-state index contributed by atoms with van der Waals surface area (Å²) in [5.41, 5.74) is 1.28. The number of aliphatic imine (C=N–C) groups is 1. The van der Waals surface area contributed by atoms with Crippen LogP contribution >= 0.6 is 24.0 Å². The lowest BCUT2D eigenvalue weighted by molar-refractivity contribution is 0.464. The van der Waals surface area contributed by atoms with E-state index in [4.69, 9.17) is 0 Å². The maximum Gasteiger partial charge on any atom is 0.193 e. The third kappa shape index (κ3) is 6.23. The Morgan fingerprint density at radius 3 is 2.50 bits per heavy atom. The average Bonchev–Trinajstić information content (AvgIpc) is 2.38. The van der Waals surface area contributed by atoms with Crippen LogP contribution < -0.4 is 5.32 Å². The number of nitrogens with one attached hydrogen (secondary N) is 1. The van der Waals surface area contributed by atoms with Gasteiger partial charge >= 0.3 is 0 Å². The van der Waals surface area contributed by atoms with Crippen LogP contribution in [0.25, 0.3) is 0 Å². The smallest absolute Gasteiger partial charge is 0.193 e. The Labute approximate surface area is 128 Å². The standard InChI is InChI=1S/C14H23N3.HI/c1-4-5-11-17(3)14(15-2)16-12-13-9-7-6-8-10-13;/h6-10H,4-5,11-12H2,1-3H3,(H,15,16);1H. The molecule has 18 heavy (non-hydrogen) atoms. The highest BCUT2D eigenvalue weighted by Crippen LogP contribution is 1.98. The van der Waals surface area contributed by atoms with Crippen LogP contribution in [-0.4, -0.2) is 31.5 Å². The number of hydrogen-bond donors (Lipinski definition) is 1. The highest BCUT2D eigenvalue weighted by molar-refractivity contribution is 14.0. The molecule has 0 spiro atoms. The molecule has 0 saturated heterocycles. The highest BCUT2D eigenvalue weighted by Gasteiger charge is 2.04. The number of halogens is 1. The van der Waals surface area contributed by atoms with Gasteiger partial charge in [0.15, 0.2) is 5.96 Å². The van der Waals surface area contributed by atoms with Crippen LogP contribution in [0.1, 0.15) is 25.3 Å². The van der Waals surface area contributed by atoms with Crippen molar-refractivity contribution >= 4 is 29.9 Å². The molecule has 0 bridgehead atoms. The molecule has 0 aliphatic carbocycles. The van der Waals surface area contributed by atoms with Gasteiger partial charge in [0.1, 0.15) is 0 Å². The Morgan fingerprint density at radius 1 is 1.28 bits per heavy atom. The van der Waals surface area contributed by atoms with Gasteiger partial charge in [0.25, 0.3) is 0 Å². The first kappa shape index (κ1) is 17.2. The Morgan fingerprint density at radius 2 is 1.94 bits per heavy atom. The normalized spacial score (nSPS) is 10.7. The van der Waals surface area contributed by atoms with Crippen LogP contribution in [0, 0.1) is 0 Å². The number of benzene rings is 1. The lowest BCUT2D eigenvalue weighted by Gasteiger charge is -2.21. The molecule has 1 aromatic rings. The van der Waals surface area contributed by atoms with E-state index in [2.05, 4.69) is 53.4 Å². The Bertz CT molecular complexity index is 338. The zero-order valence-corrected chi connectivity index (χ0v) is 13.8. The van der Waals surface area contributed by atoms with Gasteiger partial charge in [0.05, 0.1) is 0 Å². The fourth-order valence-corrected chi connectivity index (χ4v) is 1.66. The van der Waals surface area contributed by atoms with Gasteiger partial charge in [-0.15, -0.1) is 24.0 Å². The zero-order chi connectivity index (χ0) is 12.5. The fourth-order valence-electron chi connectivity index (χ4n) is 1.66. The lowest BCUT2D eigenvalue weighted by Crippen LogP contribution is -2.38. The summed E-state index contributed by atoms with van der Waals surface area (Å²) in [7, 11) is 3.91. The van der Waals surface area contributed by atoms with Crippen LogP contribution in [0.2, 0.25) is 0 Å². The molecule has 4 heteroatoms. The molecule has 1 aromatic carbocycles. The average molecular weight is 361 g/mol. The summed E-state index contributed by atoms with van der Waals surface area (Å²) in [5.74, 6) is 0.960. The SMILES string of the molecule is CCCCN(C)C(=NC)NCc1ccccc1.I. The van der Waals surface area contributed by atoms with E-state index in [0.717, 1.165) is 19.0 Å². The molecule has 0 aromatic heterocycles. The number of hydrogen-bond acceptors (Lipinski definition) is 1. The van der Waals surface area contributed by atoms with E-state index in [1.807, 2.05) is 13.1 Å². The van der Waals surface area contributed by atoms with Gasteiger partial charge in [-0.25, -0.2) is 0 Å². The van der Waals surface area contributed by atoms with Crippen LogP contribution in [0.4, 0.5) is 0 Å². The van der Waals surface area contributed by atoms with E-state index in [-0.39, 0.29) is 24.0 Å². The largest absolute Gasteiger partial charge is 0.352 e. The Balaban J connectivity index is 0.00000289. The number of rotatable bonds is 5. The number of guanidine groups is 1. The molecule has 0 atom stereocenters. The van der Waals surface area contributed by atoms with Crippen LogP contribution in [-0.2, 0) is 6.54 Å². The van der Waals surface area contributed by atoms with E-state index in [1.54, 1.807) is 0 Å². The summed E-state index contributed by atoms with van der Waals surface area (Å²) in [4.78, 5) is 6.46. The van der Waals surface area contributed by atoms with Gasteiger partial charge in [-0.3, -0.25) is 4.99 Å². The lowest BCUT2D eigenvalue weighted by atomic mass is 10.2. The van der Waals surface area contributed by atoms with E-state index in [9.17, 15) is 0 Å².